The number of aliphatic carboxylic acids is 1. The first-order valence-electron chi connectivity index (χ1n) is 8.10. The van der Waals surface area contributed by atoms with Gasteiger partial charge in [0, 0.05) is 11.9 Å². The van der Waals surface area contributed by atoms with Gasteiger partial charge in [-0.05, 0) is 43.2 Å². The van der Waals surface area contributed by atoms with Crippen molar-refractivity contribution < 1.29 is 22.7 Å². The standard InChI is InChI=1S/C19H19NO5S/c1-13-2-4-14(5-3-13)10-16(19(21)22)12-20-26(23,24)17-6-7-18-15(11-17)8-9-25-18/h2-9,11,16,20H,10,12H2,1H3,(H,21,22). The lowest BCUT2D eigenvalue weighted by molar-refractivity contribution is -0.141. The number of hydrogen-bond donors (Lipinski definition) is 2. The second-order valence-corrected chi connectivity index (χ2v) is 7.96. The first-order valence-corrected chi connectivity index (χ1v) is 9.59. The fraction of sp³-hybridized carbons (Fsp3) is 0.211. The van der Waals surface area contributed by atoms with Crippen LogP contribution in [0.3, 0.4) is 0 Å². The zero-order valence-corrected chi connectivity index (χ0v) is 15.0. The van der Waals surface area contributed by atoms with E-state index in [2.05, 4.69) is 4.72 Å². The lowest BCUT2D eigenvalue weighted by Crippen LogP contribution is -2.34. The van der Waals surface area contributed by atoms with Gasteiger partial charge in [-0.3, -0.25) is 4.79 Å². The topological polar surface area (TPSA) is 96.6 Å². The minimum absolute atomic E-state index is 0.0749. The molecular formula is C19H19NO5S. The highest BCUT2D eigenvalue weighted by Crippen LogP contribution is 2.20. The summed E-state index contributed by atoms with van der Waals surface area (Å²) in [6, 6.07) is 13.7. The van der Waals surface area contributed by atoms with Crippen LogP contribution < -0.4 is 4.72 Å². The minimum Gasteiger partial charge on any atom is -0.481 e. The Bertz CT molecular complexity index is 1020. The van der Waals surface area contributed by atoms with Crippen molar-refractivity contribution in [3.8, 4) is 0 Å². The van der Waals surface area contributed by atoms with E-state index in [-0.39, 0.29) is 17.9 Å². The maximum Gasteiger partial charge on any atom is 0.308 e. The molecule has 2 aromatic carbocycles. The van der Waals surface area contributed by atoms with Crippen LogP contribution in [0.2, 0.25) is 0 Å². The van der Waals surface area contributed by atoms with E-state index in [1.165, 1.54) is 18.4 Å². The maximum atomic E-state index is 12.5. The van der Waals surface area contributed by atoms with Crippen molar-refractivity contribution in [2.45, 2.75) is 18.2 Å². The van der Waals surface area contributed by atoms with Gasteiger partial charge in [0.1, 0.15) is 5.58 Å². The number of carboxylic acid groups (broad SMARTS) is 1. The van der Waals surface area contributed by atoms with E-state index < -0.39 is 21.9 Å². The number of carboxylic acids is 1. The average Bonchev–Trinajstić information content (AvgIpc) is 3.07. The zero-order valence-electron chi connectivity index (χ0n) is 14.2. The third-order valence-electron chi connectivity index (χ3n) is 4.21. The molecule has 0 aliphatic heterocycles. The van der Waals surface area contributed by atoms with Crippen molar-refractivity contribution in [2.24, 2.45) is 5.92 Å². The van der Waals surface area contributed by atoms with Crippen molar-refractivity contribution in [3.63, 3.8) is 0 Å². The summed E-state index contributed by atoms with van der Waals surface area (Å²) in [5, 5.41) is 10.1. The molecule has 7 heteroatoms. The van der Waals surface area contributed by atoms with Crippen LogP contribution in [0.15, 0.2) is 64.1 Å². The van der Waals surface area contributed by atoms with Gasteiger partial charge in [0.2, 0.25) is 10.0 Å². The molecule has 136 valence electrons. The molecule has 6 nitrogen and oxygen atoms in total. The van der Waals surface area contributed by atoms with Crippen molar-refractivity contribution >= 4 is 27.0 Å². The van der Waals surface area contributed by atoms with Crippen molar-refractivity contribution in [2.75, 3.05) is 6.54 Å². The summed E-state index contributed by atoms with van der Waals surface area (Å²) in [6.07, 6.45) is 1.73. The fourth-order valence-electron chi connectivity index (χ4n) is 2.66. The molecule has 0 aliphatic rings. The molecule has 0 fully saturated rings. The molecule has 0 radical (unpaired) electrons. The number of hydrogen-bond acceptors (Lipinski definition) is 4. The Kier molecular flexibility index (Phi) is 5.11. The number of sulfonamides is 1. The highest BCUT2D eigenvalue weighted by atomic mass is 32.2. The molecule has 1 unspecified atom stereocenters. The molecule has 2 N–H and O–H groups in total. The number of nitrogens with one attached hydrogen (secondary N) is 1. The van der Waals surface area contributed by atoms with Crippen LogP contribution >= 0.6 is 0 Å². The van der Waals surface area contributed by atoms with E-state index >= 15 is 0 Å². The quantitative estimate of drug-likeness (QED) is 0.664. The number of rotatable bonds is 7. The largest absolute Gasteiger partial charge is 0.481 e. The summed E-state index contributed by atoms with van der Waals surface area (Å²) in [4.78, 5) is 11.6. The minimum atomic E-state index is -3.81. The van der Waals surface area contributed by atoms with Gasteiger partial charge in [0.15, 0.2) is 0 Å². The third kappa shape index (κ3) is 4.12. The van der Waals surface area contributed by atoms with Crippen LogP contribution in [0.4, 0.5) is 0 Å². The van der Waals surface area contributed by atoms with Gasteiger partial charge >= 0.3 is 5.97 Å². The van der Waals surface area contributed by atoms with Gasteiger partial charge in [-0.25, -0.2) is 13.1 Å². The molecule has 0 saturated heterocycles. The Hall–Kier alpha value is -2.64. The van der Waals surface area contributed by atoms with Gasteiger partial charge in [-0.2, -0.15) is 0 Å². The van der Waals surface area contributed by atoms with Crippen LogP contribution in [-0.2, 0) is 21.2 Å². The SMILES string of the molecule is Cc1ccc(CC(CNS(=O)(=O)c2ccc3occc3c2)C(=O)O)cc1. The number of fused-ring (bicyclic) bond motifs is 1. The van der Waals surface area contributed by atoms with Crippen LogP contribution in [0, 0.1) is 12.8 Å². The molecular weight excluding hydrogens is 354 g/mol. The van der Waals surface area contributed by atoms with Gasteiger partial charge < -0.3 is 9.52 Å². The normalized spacial score (nSPS) is 13.0. The first-order chi connectivity index (χ1) is 12.3. The van der Waals surface area contributed by atoms with Crippen molar-refractivity contribution in [3.05, 3.63) is 65.9 Å². The Morgan fingerprint density at radius 1 is 1.15 bits per heavy atom. The molecule has 26 heavy (non-hydrogen) atoms. The fourth-order valence-corrected chi connectivity index (χ4v) is 3.78. The van der Waals surface area contributed by atoms with E-state index in [0.717, 1.165) is 11.1 Å². The van der Waals surface area contributed by atoms with Crippen molar-refractivity contribution in [1.29, 1.82) is 0 Å². The van der Waals surface area contributed by atoms with Gasteiger partial charge in [0.05, 0.1) is 17.1 Å². The van der Waals surface area contributed by atoms with Gasteiger partial charge in [-0.1, -0.05) is 29.8 Å². The smallest absolute Gasteiger partial charge is 0.308 e. The van der Waals surface area contributed by atoms with Gasteiger partial charge in [-0.15, -0.1) is 0 Å². The Morgan fingerprint density at radius 2 is 1.88 bits per heavy atom. The highest BCUT2D eigenvalue weighted by molar-refractivity contribution is 7.89. The molecule has 0 amide bonds. The maximum absolute atomic E-state index is 12.5. The first kappa shape index (κ1) is 18.2. The zero-order chi connectivity index (χ0) is 18.7. The van der Waals surface area contributed by atoms with Crippen LogP contribution in [-0.4, -0.2) is 26.0 Å². The van der Waals surface area contributed by atoms with E-state index in [1.807, 2.05) is 31.2 Å². The van der Waals surface area contributed by atoms with Crippen LogP contribution in [0.1, 0.15) is 11.1 Å². The molecule has 1 atom stereocenters. The summed E-state index contributed by atoms with van der Waals surface area (Å²) >= 11 is 0. The average molecular weight is 373 g/mol. The molecule has 3 rings (SSSR count). The third-order valence-corrected chi connectivity index (χ3v) is 5.63. The van der Waals surface area contributed by atoms with Crippen LogP contribution in [0.25, 0.3) is 11.0 Å². The molecule has 1 aromatic heterocycles. The number of furan rings is 1. The summed E-state index contributed by atoms with van der Waals surface area (Å²) in [5.74, 6) is -1.90. The summed E-state index contributed by atoms with van der Waals surface area (Å²) < 4.78 is 32.6. The Morgan fingerprint density at radius 3 is 2.58 bits per heavy atom. The molecule has 0 saturated carbocycles. The van der Waals surface area contributed by atoms with Gasteiger partial charge in [0.25, 0.3) is 0 Å². The molecule has 0 bridgehead atoms. The van der Waals surface area contributed by atoms with E-state index in [0.29, 0.717) is 11.0 Å². The second kappa shape index (κ2) is 7.31. The number of aryl methyl sites for hydroxylation is 1. The Labute approximate surface area is 151 Å². The molecule has 0 aliphatic carbocycles. The summed E-state index contributed by atoms with van der Waals surface area (Å²) in [7, 11) is -3.81. The Balaban J connectivity index is 1.72. The lowest BCUT2D eigenvalue weighted by Gasteiger charge is -2.14. The van der Waals surface area contributed by atoms with E-state index in [9.17, 15) is 18.3 Å². The summed E-state index contributed by atoms with van der Waals surface area (Å²) in [6.45, 7) is 1.76. The van der Waals surface area contributed by atoms with E-state index in [4.69, 9.17) is 4.42 Å². The molecule has 0 spiro atoms. The number of carbonyl (C=O) groups is 1. The predicted molar refractivity (Wildman–Crippen MR) is 97.4 cm³/mol. The second-order valence-electron chi connectivity index (χ2n) is 6.20. The molecule has 3 aromatic rings. The lowest BCUT2D eigenvalue weighted by atomic mass is 9.99. The van der Waals surface area contributed by atoms with E-state index in [1.54, 1.807) is 12.1 Å². The molecule has 1 heterocycles. The predicted octanol–water partition coefficient (Wildman–Crippen LogP) is 2.96. The summed E-state index contributed by atoms with van der Waals surface area (Å²) in [5.41, 5.74) is 2.52. The van der Waals surface area contributed by atoms with Crippen molar-refractivity contribution in [1.82, 2.24) is 4.72 Å². The highest BCUT2D eigenvalue weighted by Gasteiger charge is 2.22. The van der Waals surface area contributed by atoms with Crippen LogP contribution in [0.5, 0.6) is 0 Å². The monoisotopic (exact) mass is 373 g/mol. The number of benzene rings is 2.